The van der Waals surface area contributed by atoms with Crippen LogP contribution in [-0.4, -0.2) is 53.2 Å². The van der Waals surface area contributed by atoms with Gasteiger partial charge in [0.05, 0.1) is 6.54 Å². The monoisotopic (exact) mass is 340 g/mol. The topological polar surface area (TPSA) is 83.6 Å². The molecule has 0 bridgehead atoms. The van der Waals surface area contributed by atoms with Crippen LogP contribution in [0.1, 0.15) is 33.6 Å². The van der Waals surface area contributed by atoms with Gasteiger partial charge in [0.15, 0.2) is 5.13 Å². The molecule has 0 radical (unpaired) electrons. The van der Waals surface area contributed by atoms with Gasteiger partial charge in [-0.25, -0.2) is 9.78 Å². The lowest BCUT2D eigenvalue weighted by molar-refractivity contribution is -0.117. The molecular formula is C15H24N4O3S. The number of hydrogen-bond donors (Lipinski definition) is 2. The Morgan fingerprint density at radius 2 is 2.09 bits per heavy atom. The number of thiazole rings is 1. The van der Waals surface area contributed by atoms with E-state index in [1.807, 2.05) is 26.2 Å². The van der Waals surface area contributed by atoms with E-state index >= 15 is 0 Å². The van der Waals surface area contributed by atoms with Crippen LogP contribution in [0.4, 0.5) is 9.93 Å². The Hall–Kier alpha value is -1.67. The Bertz CT molecular complexity index is 519. The van der Waals surface area contributed by atoms with Crippen LogP contribution in [0, 0.1) is 0 Å². The lowest BCUT2D eigenvalue weighted by Gasteiger charge is -2.32. The SMILES string of the molecule is CC(C)(C)OC(=O)NC1CCN(CC(=O)Nc2nccs2)CC1. The molecular weight excluding hydrogens is 316 g/mol. The van der Waals surface area contributed by atoms with Crippen LogP contribution in [0.2, 0.25) is 0 Å². The van der Waals surface area contributed by atoms with Crippen LogP contribution in [0.25, 0.3) is 0 Å². The highest BCUT2D eigenvalue weighted by molar-refractivity contribution is 7.13. The third kappa shape index (κ3) is 6.54. The molecule has 0 unspecified atom stereocenters. The number of carbonyl (C=O) groups excluding carboxylic acids is 2. The molecule has 7 nitrogen and oxygen atoms in total. The quantitative estimate of drug-likeness (QED) is 0.877. The van der Waals surface area contributed by atoms with Crippen LogP contribution in [-0.2, 0) is 9.53 Å². The van der Waals surface area contributed by atoms with Gasteiger partial charge in [-0.15, -0.1) is 11.3 Å². The first-order chi connectivity index (χ1) is 10.8. The average molecular weight is 340 g/mol. The Morgan fingerprint density at radius 3 is 2.65 bits per heavy atom. The maximum atomic E-state index is 11.9. The van der Waals surface area contributed by atoms with Gasteiger partial charge in [-0.3, -0.25) is 9.69 Å². The van der Waals surface area contributed by atoms with Crippen molar-refractivity contribution in [3.05, 3.63) is 11.6 Å². The van der Waals surface area contributed by atoms with Crippen molar-refractivity contribution in [3.63, 3.8) is 0 Å². The summed E-state index contributed by atoms with van der Waals surface area (Å²) in [6.07, 6.45) is 2.90. The smallest absolute Gasteiger partial charge is 0.407 e. The van der Waals surface area contributed by atoms with Crippen molar-refractivity contribution >= 4 is 28.5 Å². The molecule has 1 aliphatic heterocycles. The van der Waals surface area contributed by atoms with Gasteiger partial charge >= 0.3 is 6.09 Å². The molecule has 0 saturated carbocycles. The normalized spacial score (nSPS) is 16.8. The number of piperidine rings is 1. The number of aromatic nitrogens is 1. The van der Waals surface area contributed by atoms with Crippen molar-refractivity contribution < 1.29 is 14.3 Å². The van der Waals surface area contributed by atoms with Crippen molar-refractivity contribution in [1.82, 2.24) is 15.2 Å². The lowest BCUT2D eigenvalue weighted by atomic mass is 10.1. The Balaban J connectivity index is 1.67. The fraction of sp³-hybridized carbons (Fsp3) is 0.667. The fourth-order valence-electron chi connectivity index (χ4n) is 2.36. The largest absolute Gasteiger partial charge is 0.444 e. The van der Waals surface area contributed by atoms with Crippen molar-refractivity contribution in [2.75, 3.05) is 25.0 Å². The van der Waals surface area contributed by atoms with E-state index in [-0.39, 0.29) is 18.0 Å². The first-order valence-corrected chi connectivity index (χ1v) is 8.61. The number of carbonyl (C=O) groups is 2. The Labute approximate surface area is 140 Å². The minimum Gasteiger partial charge on any atom is -0.444 e. The standard InChI is InChI=1S/C15H24N4O3S/c1-15(2,3)22-14(21)17-11-4-7-19(8-5-11)10-12(20)18-13-16-6-9-23-13/h6,9,11H,4-5,7-8,10H2,1-3H3,(H,17,21)(H,16,18,20). The molecule has 0 aliphatic carbocycles. The molecule has 1 aromatic rings. The van der Waals surface area contributed by atoms with Gasteiger partial charge < -0.3 is 15.4 Å². The maximum Gasteiger partial charge on any atom is 0.407 e. The number of likely N-dealkylation sites (tertiary alicyclic amines) is 1. The fourth-order valence-corrected chi connectivity index (χ4v) is 2.90. The van der Waals surface area contributed by atoms with Crippen molar-refractivity contribution in [1.29, 1.82) is 0 Å². The third-order valence-corrected chi connectivity index (χ3v) is 4.04. The highest BCUT2D eigenvalue weighted by atomic mass is 32.1. The number of hydrogen-bond acceptors (Lipinski definition) is 6. The predicted octanol–water partition coefficient (Wildman–Crippen LogP) is 2.07. The molecule has 2 rings (SSSR count). The summed E-state index contributed by atoms with van der Waals surface area (Å²) in [6.45, 7) is 7.42. The van der Waals surface area contributed by atoms with Crippen LogP contribution >= 0.6 is 11.3 Å². The summed E-state index contributed by atoms with van der Waals surface area (Å²) in [7, 11) is 0. The van der Waals surface area contributed by atoms with E-state index in [9.17, 15) is 9.59 Å². The van der Waals surface area contributed by atoms with E-state index in [0.29, 0.717) is 11.7 Å². The molecule has 1 aromatic heterocycles. The number of alkyl carbamates (subject to hydrolysis) is 1. The first-order valence-electron chi connectivity index (χ1n) is 7.73. The number of anilines is 1. The van der Waals surface area contributed by atoms with Crippen LogP contribution in [0.15, 0.2) is 11.6 Å². The third-order valence-electron chi connectivity index (χ3n) is 3.35. The summed E-state index contributed by atoms with van der Waals surface area (Å²) >= 11 is 1.40. The molecule has 128 valence electrons. The molecule has 1 saturated heterocycles. The molecule has 1 fully saturated rings. The highest BCUT2D eigenvalue weighted by Gasteiger charge is 2.24. The van der Waals surface area contributed by atoms with Crippen LogP contribution in [0.3, 0.4) is 0 Å². The van der Waals surface area contributed by atoms with E-state index in [1.165, 1.54) is 11.3 Å². The number of ether oxygens (including phenoxy) is 1. The minimum atomic E-state index is -0.487. The number of nitrogens with zero attached hydrogens (tertiary/aromatic N) is 2. The van der Waals surface area contributed by atoms with Gasteiger partial charge in [0.25, 0.3) is 0 Å². The second-order valence-electron chi connectivity index (χ2n) is 6.58. The van der Waals surface area contributed by atoms with Crippen LogP contribution in [0.5, 0.6) is 0 Å². The Kier molecular flexibility index (Phi) is 5.95. The van der Waals surface area contributed by atoms with Crippen molar-refractivity contribution in [2.24, 2.45) is 0 Å². The molecule has 2 heterocycles. The average Bonchev–Trinajstić information content (AvgIpc) is 2.91. The Morgan fingerprint density at radius 1 is 1.39 bits per heavy atom. The second kappa shape index (κ2) is 7.74. The van der Waals surface area contributed by atoms with Crippen molar-refractivity contribution in [3.8, 4) is 0 Å². The second-order valence-corrected chi connectivity index (χ2v) is 7.48. The molecule has 0 atom stereocenters. The lowest BCUT2D eigenvalue weighted by Crippen LogP contribution is -2.47. The molecule has 0 aromatic carbocycles. The van der Waals surface area contributed by atoms with E-state index < -0.39 is 5.60 Å². The van der Waals surface area contributed by atoms with Gasteiger partial charge in [0.2, 0.25) is 5.91 Å². The zero-order chi connectivity index (χ0) is 16.9. The van der Waals surface area contributed by atoms with Gasteiger partial charge in [-0.05, 0) is 33.6 Å². The predicted molar refractivity (Wildman–Crippen MR) is 89.6 cm³/mol. The zero-order valence-corrected chi connectivity index (χ0v) is 14.6. The van der Waals surface area contributed by atoms with Gasteiger partial charge in [0.1, 0.15) is 5.60 Å². The highest BCUT2D eigenvalue weighted by Crippen LogP contribution is 2.14. The summed E-state index contributed by atoms with van der Waals surface area (Å²) in [5.74, 6) is -0.0569. The van der Waals surface area contributed by atoms with Crippen LogP contribution < -0.4 is 10.6 Å². The van der Waals surface area contributed by atoms with E-state index in [4.69, 9.17) is 4.74 Å². The van der Waals surface area contributed by atoms with Gasteiger partial charge in [-0.1, -0.05) is 0 Å². The number of rotatable bonds is 4. The number of nitrogens with one attached hydrogen (secondary N) is 2. The van der Waals surface area contributed by atoms with E-state index in [0.717, 1.165) is 25.9 Å². The molecule has 2 amide bonds. The minimum absolute atomic E-state index is 0.0569. The van der Waals surface area contributed by atoms with Gasteiger partial charge in [-0.2, -0.15) is 0 Å². The van der Waals surface area contributed by atoms with Gasteiger partial charge in [0, 0.05) is 30.7 Å². The molecule has 0 spiro atoms. The van der Waals surface area contributed by atoms with E-state index in [1.54, 1.807) is 6.20 Å². The maximum absolute atomic E-state index is 11.9. The van der Waals surface area contributed by atoms with Crippen molar-refractivity contribution in [2.45, 2.75) is 45.3 Å². The van der Waals surface area contributed by atoms with E-state index in [2.05, 4.69) is 20.5 Å². The molecule has 23 heavy (non-hydrogen) atoms. The number of amides is 2. The summed E-state index contributed by atoms with van der Waals surface area (Å²) in [5.41, 5.74) is -0.487. The molecule has 2 N–H and O–H groups in total. The summed E-state index contributed by atoms with van der Waals surface area (Å²) < 4.78 is 5.26. The molecule has 1 aliphatic rings. The molecule has 8 heteroatoms. The summed E-state index contributed by atoms with van der Waals surface area (Å²) in [4.78, 5) is 29.8. The zero-order valence-electron chi connectivity index (χ0n) is 13.8. The first kappa shape index (κ1) is 17.7. The summed E-state index contributed by atoms with van der Waals surface area (Å²) in [6, 6.07) is 0.100. The summed E-state index contributed by atoms with van der Waals surface area (Å²) in [5, 5.41) is 8.11.